The normalized spacial score (nSPS) is 28.9. The van der Waals surface area contributed by atoms with E-state index in [-0.39, 0.29) is 18.8 Å². The lowest BCUT2D eigenvalue weighted by atomic mass is 9.94. The summed E-state index contributed by atoms with van der Waals surface area (Å²) in [5.41, 5.74) is 0.831. The molecule has 1 aliphatic heterocycles. The minimum absolute atomic E-state index is 0.0780. The summed E-state index contributed by atoms with van der Waals surface area (Å²) in [6, 6.07) is 5.33. The molecule has 20 heavy (non-hydrogen) atoms. The molecule has 2 aliphatic rings. The van der Waals surface area contributed by atoms with Crippen molar-refractivity contribution in [2.24, 2.45) is 0 Å². The molecule has 1 spiro atoms. The predicted octanol–water partition coefficient (Wildman–Crippen LogP) is 4.10. The monoisotopic (exact) mass is 316 g/mol. The Morgan fingerprint density at radius 2 is 1.90 bits per heavy atom. The van der Waals surface area contributed by atoms with Crippen molar-refractivity contribution in [3.8, 4) is 0 Å². The highest BCUT2D eigenvalue weighted by Crippen LogP contribution is 2.47. The van der Waals surface area contributed by atoms with Gasteiger partial charge in [-0.05, 0) is 25.0 Å². The third kappa shape index (κ3) is 2.70. The zero-order chi connectivity index (χ0) is 14.2. The maximum absolute atomic E-state index is 9.58. The van der Waals surface area contributed by atoms with Crippen LogP contribution in [-0.4, -0.2) is 23.6 Å². The fourth-order valence-corrected chi connectivity index (χ4v) is 3.64. The van der Waals surface area contributed by atoms with E-state index in [0.717, 1.165) is 31.2 Å². The number of aliphatic hydroxyl groups is 1. The number of rotatable bonds is 2. The average molecular weight is 317 g/mol. The quantitative estimate of drug-likeness (QED) is 0.892. The van der Waals surface area contributed by atoms with Gasteiger partial charge in [0.25, 0.3) is 0 Å². The molecule has 0 aromatic heterocycles. The molecule has 1 aromatic carbocycles. The highest BCUT2D eigenvalue weighted by Gasteiger charge is 2.48. The van der Waals surface area contributed by atoms with Crippen LogP contribution in [0.3, 0.4) is 0 Å². The van der Waals surface area contributed by atoms with Gasteiger partial charge in [0.05, 0.1) is 6.61 Å². The smallest absolute Gasteiger partial charge is 0.169 e. The summed E-state index contributed by atoms with van der Waals surface area (Å²) in [5, 5.41) is 10.7. The lowest BCUT2D eigenvalue weighted by molar-refractivity contribution is -0.196. The first-order chi connectivity index (χ1) is 9.63. The van der Waals surface area contributed by atoms with Crippen LogP contribution in [0.2, 0.25) is 10.0 Å². The number of aliphatic hydroxyl groups excluding tert-OH is 1. The van der Waals surface area contributed by atoms with Crippen LogP contribution in [0, 0.1) is 0 Å². The number of hydrogen-bond acceptors (Lipinski definition) is 3. The van der Waals surface area contributed by atoms with E-state index >= 15 is 0 Å². The molecule has 1 saturated carbocycles. The standard InChI is InChI=1S/C15H18Cl2O3/c16-10-4-5-11(12(17)8-10)14-13(9-18)19-15(20-14)6-2-1-3-7-15/h4-5,8,13-14,18H,1-3,6-7,9H2/t13-,14-/m0/s1. The van der Waals surface area contributed by atoms with Crippen molar-refractivity contribution < 1.29 is 14.6 Å². The van der Waals surface area contributed by atoms with Crippen LogP contribution in [-0.2, 0) is 9.47 Å². The maximum Gasteiger partial charge on any atom is 0.169 e. The van der Waals surface area contributed by atoms with Gasteiger partial charge in [0.2, 0.25) is 0 Å². The molecule has 0 unspecified atom stereocenters. The minimum Gasteiger partial charge on any atom is -0.394 e. The Morgan fingerprint density at radius 1 is 1.15 bits per heavy atom. The molecule has 110 valence electrons. The van der Waals surface area contributed by atoms with Gasteiger partial charge in [-0.25, -0.2) is 0 Å². The fourth-order valence-electron chi connectivity index (χ4n) is 3.13. The van der Waals surface area contributed by atoms with Crippen LogP contribution in [0.4, 0.5) is 0 Å². The van der Waals surface area contributed by atoms with Gasteiger partial charge >= 0.3 is 0 Å². The van der Waals surface area contributed by atoms with Crippen molar-refractivity contribution in [1.82, 2.24) is 0 Å². The first-order valence-corrected chi connectivity index (χ1v) is 7.81. The molecule has 1 heterocycles. The van der Waals surface area contributed by atoms with Gasteiger partial charge in [-0.3, -0.25) is 0 Å². The predicted molar refractivity (Wildman–Crippen MR) is 78.1 cm³/mol. The second-order valence-electron chi connectivity index (χ2n) is 5.51. The first-order valence-electron chi connectivity index (χ1n) is 7.05. The minimum atomic E-state index is -0.542. The largest absolute Gasteiger partial charge is 0.394 e. The van der Waals surface area contributed by atoms with Gasteiger partial charge in [0, 0.05) is 28.5 Å². The van der Waals surface area contributed by atoms with Gasteiger partial charge in [-0.1, -0.05) is 35.7 Å². The lowest BCUT2D eigenvalue weighted by Crippen LogP contribution is -2.33. The van der Waals surface area contributed by atoms with E-state index in [1.165, 1.54) is 6.42 Å². The Labute approximate surface area is 128 Å². The molecule has 1 N–H and O–H groups in total. The van der Waals surface area contributed by atoms with Crippen LogP contribution in [0.25, 0.3) is 0 Å². The summed E-state index contributed by atoms with van der Waals surface area (Å²) < 4.78 is 12.2. The Kier molecular flexibility index (Phi) is 4.25. The summed E-state index contributed by atoms with van der Waals surface area (Å²) in [6.45, 7) is -0.0780. The second-order valence-corrected chi connectivity index (χ2v) is 6.36. The second kappa shape index (κ2) is 5.82. The SMILES string of the molecule is OC[C@@H]1OC2(CCCCC2)O[C@H]1c1ccc(Cl)cc1Cl. The summed E-state index contributed by atoms with van der Waals surface area (Å²) >= 11 is 12.2. The molecule has 2 atom stereocenters. The summed E-state index contributed by atoms with van der Waals surface area (Å²) in [6.07, 6.45) is 4.47. The molecule has 2 fully saturated rings. The number of ether oxygens (including phenoxy) is 2. The zero-order valence-electron chi connectivity index (χ0n) is 11.1. The van der Waals surface area contributed by atoms with Gasteiger partial charge in [-0.2, -0.15) is 0 Å². The molecule has 1 saturated heterocycles. The first kappa shape index (κ1) is 14.6. The Bertz CT molecular complexity index is 486. The van der Waals surface area contributed by atoms with E-state index in [4.69, 9.17) is 32.7 Å². The molecule has 1 aromatic rings. The van der Waals surface area contributed by atoms with Crippen molar-refractivity contribution in [2.75, 3.05) is 6.61 Å². The van der Waals surface area contributed by atoms with Gasteiger partial charge < -0.3 is 14.6 Å². The van der Waals surface area contributed by atoms with Crippen LogP contribution in [0.5, 0.6) is 0 Å². The molecular weight excluding hydrogens is 299 g/mol. The lowest BCUT2D eigenvalue weighted by Gasteiger charge is -2.32. The van der Waals surface area contributed by atoms with Crippen molar-refractivity contribution in [1.29, 1.82) is 0 Å². The van der Waals surface area contributed by atoms with Crippen molar-refractivity contribution in [3.63, 3.8) is 0 Å². The van der Waals surface area contributed by atoms with E-state index in [0.29, 0.717) is 10.0 Å². The number of halogens is 2. The van der Waals surface area contributed by atoms with Crippen LogP contribution in [0.1, 0.15) is 43.8 Å². The molecule has 3 rings (SSSR count). The van der Waals surface area contributed by atoms with E-state index in [1.807, 2.05) is 6.07 Å². The van der Waals surface area contributed by atoms with E-state index in [1.54, 1.807) is 12.1 Å². The Morgan fingerprint density at radius 3 is 2.55 bits per heavy atom. The number of hydrogen-bond donors (Lipinski definition) is 1. The molecule has 0 amide bonds. The summed E-state index contributed by atoms with van der Waals surface area (Å²) in [7, 11) is 0. The molecule has 3 nitrogen and oxygen atoms in total. The highest BCUT2D eigenvalue weighted by molar-refractivity contribution is 6.35. The molecule has 5 heteroatoms. The van der Waals surface area contributed by atoms with E-state index < -0.39 is 5.79 Å². The van der Waals surface area contributed by atoms with Gasteiger partial charge in [0.1, 0.15) is 12.2 Å². The van der Waals surface area contributed by atoms with Crippen molar-refractivity contribution in [2.45, 2.75) is 50.1 Å². The summed E-state index contributed by atoms with van der Waals surface area (Å²) in [4.78, 5) is 0. The van der Waals surface area contributed by atoms with Crippen LogP contribution < -0.4 is 0 Å². The molecule has 0 radical (unpaired) electrons. The molecular formula is C15H18Cl2O3. The van der Waals surface area contributed by atoms with E-state index in [9.17, 15) is 5.11 Å². The number of benzene rings is 1. The zero-order valence-corrected chi connectivity index (χ0v) is 12.7. The van der Waals surface area contributed by atoms with Crippen LogP contribution >= 0.6 is 23.2 Å². The molecule has 1 aliphatic carbocycles. The van der Waals surface area contributed by atoms with Crippen molar-refractivity contribution >= 4 is 23.2 Å². The maximum atomic E-state index is 9.58. The third-order valence-electron chi connectivity index (χ3n) is 4.11. The Balaban J connectivity index is 1.88. The van der Waals surface area contributed by atoms with E-state index in [2.05, 4.69) is 0 Å². The van der Waals surface area contributed by atoms with Gasteiger partial charge in [0.15, 0.2) is 5.79 Å². The van der Waals surface area contributed by atoms with Crippen LogP contribution in [0.15, 0.2) is 18.2 Å². The molecule has 0 bridgehead atoms. The average Bonchev–Trinajstić information content (AvgIpc) is 2.78. The highest BCUT2D eigenvalue weighted by atomic mass is 35.5. The Hall–Kier alpha value is -0.320. The fraction of sp³-hybridized carbons (Fsp3) is 0.600. The summed E-state index contributed by atoms with van der Waals surface area (Å²) in [5.74, 6) is -0.542. The van der Waals surface area contributed by atoms with Gasteiger partial charge in [-0.15, -0.1) is 0 Å². The third-order valence-corrected chi connectivity index (χ3v) is 4.67. The van der Waals surface area contributed by atoms with Crippen molar-refractivity contribution in [3.05, 3.63) is 33.8 Å². The topological polar surface area (TPSA) is 38.7 Å².